The van der Waals surface area contributed by atoms with Gasteiger partial charge in [-0.2, -0.15) is 0 Å². The summed E-state index contributed by atoms with van der Waals surface area (Å²) < 4.78 is 10.9. The summed E-state index contributed by atoms with van der Waals surface area (Å²) in [6.07, 6.45) is 2.13. The summed E-state index contributed by atoms with van der Waals surface area (Å²) in [6.45, 7) is 15.2. The van der Waals surface area contributed by atoms with Gasteiger partial charge in [0.15, 0.2) is 0 Å². The van der Waals surface area contributed by atoms with E-state index in [-0.39, 0.29) is 23.7 Å². The van der Waals surface area contributed by atoms with Crippen molar-refractivity contribution < 1.29 is 14.3 Å². The molecule has 0 bridgehead atoms. The molecule has 5 nitrogen and oxygen atoms in total. The fourth-order valence-corrected chi connectivity index (χ4v) is 1.49. The summed E-state index contributed by atoms with van der Waals surface area (Å²) in [5.41, 5.74) is -0.102. The zero-order valence-corrected chi connectivity index (χ0v) is 14.7. The SMILES string of the molecule is CC(C)(C)NCCCCOCCNC(=O)COC(C)(C)C. The highest BCUT2D eigenvalue weighted by atomic mass is 16.5. The van der Waals surface area contributed by atoms with Crippen molar-refractivity contribution in [1.82, 2.24) is 10.6 Å². The second-order valence-electron chi connectivity index (χ2n) is 7.25. The van der Waals surface area contributed by atoms with E-state index >= 15 is 0 Å². The number of hydrogen-bond acceptors (Lipinski definition) is 4. The Morgan fingerprint density at radius 3 is 2.19 bits per heavy atom. The molecule has 0 saturated heterocycles. The van der Waals surface area contributed by atoms with E-state index in [0.717, 1.165) is 26.0 Å². The van der Waals surface area contributed by atoms with Crippen molar-refractivity contribution in [1.29, 1.82) is 0 Å². The molecule has 2 N–H and O–H groups in total. The molecule has 5 heteroatoms. The number of unbranched alkanes of at least 4 members (excludes halogenated alkanes) is 1. The van der Waals surface area contributed by atoms with Crippen molar-refractivity contribution in [2.75, 3.05) is 32.9 Å². The van der Waals surface area contributed by atoms with Crippen molar-refractivity contribution >= 4 is 5.91 Å². The van der Waals surface area contributed by atoms with Crippen LogP contribution in [0.5, 0.6) is 0 Å². The number of carbonyl (C=O) groups excluding carboxylic acids is 1. The molecule has 0 atom stereocenters. The van der Waals surface area contributed by atoms with E-state index in [1.54, 1.807) is 0 Å². The smallest absolute Gasteiger partial charge is 0.246 e. The molecule has 0 rings (SSSR count). The van der Waals surface area contributed by atoms with E-state index in [9.17, 15) is 4.79 Å². The van der Waals surface area contributed by atoms with E-state index in [4.69, 9.17) is 9.47 Å². The lowest BCUT2D eigenvalue weighted by Gasteiger charge is -2.20. The first kappa shape index (κ1) is 20.3. The summed E-state index contributed by atoms with van der Waals surface area (Å²) in [5, 5.41) is 6.21. The molecule has 0 aliphatic carbocycles. The molecule has 0 radical (unpaired) electrons. The van der Waals surface area contributed by atoms with Crippen LogP contribution in [-0.4, -0.2) is 50.0 Å². The summed E-state index contributed by atoms with van der Waals surface area (Å²) in [7, 11) is 0. The van der Waals surface area contributed by atoms with Gasteiger partial charge in [-0.25, -0.2) is 0 Å². The average molecular weight is 302 g/mol. The molecule has 1 amide bonds. The van der Waals surface area contributed by atoms with Crippen LogP contribution in [0.25, 0.3) is 0 Å². The highest BCUT2D eigenvalue weighted by Gasteiger charge is 2.12. The van der Waals surface area contributed by atoms with Gasteiger partial charge in [-0.1, -0.05) is 0 Å². The highest BCUT2D eigenvalue weighted by molar-refractivity contribution is 5.77. The zero-order chi connectivity index (χ0) is 16.4. The Kier molecular flexibility index (Phi) is 9.83. The van der Waals surface area contributed by atoms with Crippen molar-refractivity contribution in [3.8, 4) is 0 Å². The van der Waals surface area contributed by atoms with Gasteiger partial charge < -0.3 is 20.1 Å². The van der Waals surface area contributed by atoms with E-state index in [1.165, 1.54) is 0 Å². The Morgan fingerprint density at radius 1 is 0.952 bits per heavy atom. The average Bonchev–Trinajstić information content (AvgIpc) is 2.32. The van der Waals surface area contributed by atoms with Gasteiger partial charge in [0.05, 0.1) is 12.2 Å². The largest absolute Gasteiger partial charge is 0.380 e. The number of amides is 1. The van der Waals surface area contributed by atoms with Crippen LogP contribution in [-0.2, 0) is 14.3 Å². The maximum absolute atomic E-state index is 11.5. The molecule has 126 valence electrons. The minimum atomic E-state index is -0.283. The molecule has 0 aliphatic heterocycles. The Hall–Kier alpha value is -0.650. The van der Waals surface area contributed by atoms with Crippen LogP contribution >= 0.6 is 0 Å². The van der Waals surface area contributed by atoms with Crippen LogP contribution in [0.1, 0.15) is 54.4 Å². The van der Waals surface area contributed by atoms with Gasteiger partial charge in [0, 0.05) is 18.7 Å². The maximum Gasteiger partial charge on any atom is 0.246 e. The molecule has 21 heavy (non-hydrogen) atoms. The maximum atomic E-state index is 11.5. The van der Waals surface area contributed by atoms with Gasteiger partial charge >= 0.3 is 0 Å². The molecular formula is C16H34N2O3. The molecular weight excluding hydrogens is 268 g/mol. The quantitative estimate of drug-likeness (QED) is 0.607. The predicted molar refractivity (Wildman–Crippen MR) is 86.5 cm³/mol. The van der Waals surface area contributed by atoms with Crippen LogP contribution in [0, 0.1) is 0 Å². The lowest BCUT2D eigenvalue weighted by atomic mass is 10.1. The molecule has 0 unspecified atom stereocenters. The Balaban J connectivity index is 3.31. The van der Waals surface area contributed by atoms with Gasteiger partial charge in [0.1, 0.15) is 6.61 Å². The Bertz CT molecular complexity index is 280. The predicted octanol–water partition coefficient (Wildman–Crippen LogP) is 2.10. The third kappa shape index (κ3) is 17.3. The Labute approximate surface area is 130 Å². The minimum Gasteiger partial charge on any atom is -0.380 e. The monoisotopic (exact) mass is 302 g/mol. The second-order valence-corrected chi connectivity index (χ2v) is 7.25. The lowest BCUT2D eigenvalue weighted by molar-refractivity contribution is -0.130. The molecule has 0 aromatic rings. The van der Waals surface area contributed by atoms with Crippen molar-refractivity contribution in [2.24, 2.45) is 0 Å². The molecule has 0 aromatic carbocycles. The number of hydrogen-bond donors (Lipinski definition) is 2. The van der Waals surface area contributed by atoms with E-state index < -0.39 is 0 Å². The highest BCUT2D eigenvalue weighted by Crippen LogP contribution is 2.05. The minimum absolute atomic E-state index is 0.0945. The van der Waals surface area contributed by atoms with Crippen LogP contribution in [0.3, 0.4) is 0 Å². The molecule has 0 aromatic heterocycles. The van der Waals surface area contributed by atoms with Gasteiger partial charge in [-0.05, 0) is 60.9 Å². The van der Waals surface area contributed by atoms with Gasteiger partial charge in [-0.15, -0.1) is 0 Å². The fourth-order valence-electron chi connectivity index (χ4n) is 1.49. The fraction of sp³-hybridized carbons (Fsp3) is 0.938. The third-order valence-corrected chi connectivity index (χ3v) is 2.58. The first-order chi connectivity index (χ1) is 9.60. The molecule has 0 heterocycles. The van der Waals surface area contributed by atoms with Gasteiger partial charge in [0.25, 0.3) is 0 Å². The second kappa shape index (κ2) is 10.1. The van der Waals surface area contributed by atoms with Crippen LogP contribution < -0.4 is 10.6 Å². The first-order valence-electron chi connectivity index (χ1n) is 7.83. The molecule has 0 aliphatic rings. The topological polar surface area (TPSA) is 59.6 Å². The summed E-state index contributed by atoms with van der Waals surface area (Å²) in [6, 6.07) is 0. The third-order valence-electron chi connectivity index (χ3n) is 2.58. The van der Waals surface area contributed by atoms with Crippen molar-refractivity contribution in [3.05, 3.63) is 0 Å². The van der Waals surface area contributed by atoms with E-state index in [1.807, 2.05) is 20.8 Å². The molecule has 0 spiro atoms. The summed E-state index contributed by atoms with van der Waals surface area (Å²) in [4.78, 5) is 11.5. The van der Waals surface area contributed by atoms with Gasteiger partial charge in [0.2, 0.25) is 5.91 Å². The summed E-state index contributed by atoms with van der Waals surface area (Å²) in [5.74, 6) is -0.0945. The summed E-state index contributed by atoms with van der Waals surface area (Å²) >= 11 is 0. The van der Waals surface area contributed by atoms with Crippen LogP contribution in [0.15, 0.2) is 0 Å². The van der Waals surface area contributed by atoms with Crippen LogP contribution in [0.2, 0.25) is 0 Å². The van der Waals surface area contributed by atoms with Crippen LogP contribution in [0.4, 0.5) is 0 Å². The normalized spacial score (nSPS) is 12.5. The van der Waals surface area contributed by atoms with Crippen molar-refractivity contribution in [2.45, 2.75) is 65.5 Å². The number of nitrogens with one attached hydrogen (secondary N) is 2. The van der Waals surface area contributed by atoms with Gasteiger partial charge in [-0.3, -0.25) is 4.79 Å². The lowest BCUT2D eigenvalue weighted by Crippen LogP contribution is -2.36. The molecule has 0 fully saturated rings. The van der Waals surface area contributed by atoms with Crippen molar-refractivity contribution in [3.63, 3.8) is 0 Å². The molecule has 0 saturated carbocycles. The van der Waals surface area contributed by atoms with E-state index in [2.05, 4.69) is 31.4 Å². The number of rotatable bonds is 10. The Morgan fingerprint density at radius 2 is 1.62 bits per heavy atom. The number of ether oxygens (including phenoxy) is 2. The number of carbonyl (C=O) groups is 1. The zero-order valence-electron chi connectivity index (χ0n) is 14.7. The standard InChI is InChI=1S/C16H34N2O3/c1-15(2,3)18-9-7-8-11-20-12-10-17-14(19)13-21-16(4,5)6/h18H,7-13H2,1-6H3,(H,17,19). The van der Waals surface area contributed by atoms with E-state index in [0.29, 0.717) is 13.2 Å². The first-order valence-corrected chi connectivity index (χ1v) is 7.83.